The van der Waals surface area contributed by atoms with Crippen molar-refractivity contribution >= 4 is 5.69 Å². The van der Waals surface area contributed by atoms with E-state index in [1.54, 1.807) is 16.8 Å². The minimum Gasteiger partial charge on any atom is -0.398 e. The van der Waals surface area contributed by atoms with Gasteiger partial charge in [0.1, 0.15) is 0 Å². The highest BCUT2D eigenvalue weighted by Crippen LogP contribution is 2.08. The molecule has 1 aliphatic rings. The van der Waals surface area contributed by atoms with E-state index in [1.807, 2.05) is 0 Å². The fourth-order valence-corrected chi connectivity index (χ4v) is 2.20. The number of rotatable bonds is 4. The molecule has 0 radical (unpaired) electrons. The molecule has 1 fully saturated rings. The van der Waals surface area contributed by atoms with Gasteiger partial charge >= 0.3 is 0 Å². The van der Waals surface area contributed by atoms with Crippen LogP contribution >= 0.6 is 0 Å². The first-order chi connectivity index (χ1) is 8.69. The lowest BCUT2D eigenvalue weighted by Gasteiger charge is -2.32. The van der Waals surface area contributed by atoms with Crippen LogP contribution in [-0.4, -0.2) is 41.8 Å². The maximum absolute atomic E-state index is 11.6. The molecule has 1 atom stereocenters. The maximum Gasteiger partial charge on any atom is 0.250 e. The van der Waals surface area contributed by atoms with Crippen molar-refractivity contribution < 1.29 is 4.74 Å². The van der Waals surface area contributed by atoms with E-state index in [1.165, 1.54) is 6.07 Å². The Kier molecular flexibility index (Phi) is 4.38. The maximum atomic E-state index is 11.6. The van der Waals surface area contributed by atoms with Gasteiger partial charge in [0, 0.05) is 44.1 Å². The van der Waals surface area contributed by atoms with E-state index in [9.17, 15) is 4.79 Å². The third-order valence-corrected chi connectivity index (χ3v) is 3.34. The highest BCUT2D eigenvalue weighted by molar-refractivity contribution is 5.33. The summed E-state index contributed by atoms with van der Waals surface area (Å²) in [7, 11) is 0. The van der Waals surface area contributed by atoms with Crippen LogP contribution in [0.3, 0.4) is 0 Å². The fourth-order valence-electron chi connectivity index (χ4n) is 2.20. The number of nitrogen functional groups attached to an aromatic ring is 1. The molecular formula is C13H21N3O2. The topological polar surface area (TPSA) is 60.5 Å². The van der Waals surface area contributed by atoms with Crippen LogP contribution < -0.4 is 11.3 Å². The SMILES string of the molecule is CCC1CN(CCn2cc(N)ccc2=O)CCO1. The summed E-state index contributed by atoms with van der Waals surface area (Å²) in [6.45, 7) is 6.35. The van der Waals surface area contributed by atoms with Crippen LogP contribution in [0.2, 0.25) is 0 Å². The minimum absolute atomic E-state index is 0.00417. The molecule has 5 nitrogen and oxygen atoms in total. The highest BCUT2D eigenvalue weighted by Gasteiger charge is 2.18. The molecule has 18 heavy (non-hydrogen) atoms. The number of nitrogens with zero attached hydrogens (tertiary/aromatic N) is 2. The molecule has 2 N–H and O–H groups in total. The molecule has 0 bridgehead atoms. The molecule has 0 saturated carbocycles. The van der Waals surface area contributed by atoms with Crippen LogP contribution in [0.25, 0.3) is 0 Å². The van der Waals surface area contributed by atoms with Gasteiger partial charge in [-0.1, -0.05) is 6.92 Å². The highest BCUT2D eigenvalue weighted by atomic mass is 16.5. The molecule has 1 aromatic heterocycles. The molecule has 5 heteroatoms. The third-order valence-electron chi connectivity index (χ3n) is 3.34. The van der Waals surface area contributed by atoms with Crippen LogP contribution in [0.1, 0.15) is 13.3 Å². The molecule has 0 spiro atoms. The van der Waals surface area contributed by atoms with E-state index in [0.717, 1.165) is 32.7 Å². The number of pyridine rings is 1. The normalized spacial score (nSPS) is 21.1. The number of hydrogen-bond donors (Lipinski definition) is 1. The molecule has 0 amide bonds. The third kappa shape index (κ3) is 3.34. The zero-order valence-electron chi connectivity index (χ0n) is 10.8. The summed E-state index contributed by atoms with van der Waals surface area (Å²) in [5.74, 6) is 0. The van der Waals surface area contributed by atoms with Crippen molar-refractivity contribution in [2.75, 3.05) is 32.0 Å². The second-order valence-corrected chi connectivity index (χ2v) is 4.70. The van der Waals surface area contributed by atoms with Gasteiger partial charge in [0.05, 0.1) is 12.7 Å². The number of aromatic nitrogens is 1. The summed E-state index contributed by atoms with van der Waals surface area (Å²) < 4.78 is 7.29. The van der Waals surface area contributed by atoms with Crippen LogP contribution in [0.5, 0.6) is 0 Å². The second-order valence-electron chi connectivity index (χ2n) is 4.70. The molecule has 2 heterocycles. The van der Waals surface area contributed by atoms with Crippen molar-refractivity contribution in [3.05, 3.63) is 28.7 Å². The van der Waals surface area contributed by atoms with Crippen LogP contribution in [0.4, 0.5) is 5.69 Å². The van der Waals surface area contributed by atoms with Gasteiger partial charge in [0.2, 0.25) is 0 Å². The number of hydrogen-bond acceptors (Lipinski definition) is 4. The molecule has 1 unspecified atom stereocenters. The standard InChI is InChI=1S/C13H21N3O2/c1-2-12-10-15(7-8-18-12)5-6-16-9-11(14)3-4-13(16)17/h3-4,9,12H,2,5-8,10,14H2,1H3. The van der Waals surface area contributed by atoms with E-state index in [-0.39, 0.29) is 5.56 Å². The molecule has 0 aliphatic carbocycles. The van der Waals surface area contributed by atoms with Crippen molar-refractivity contribution in [1.82, 2.24) is 9.47 Å². The van der Waals surface area contributed by atoms with Crippen molar-refractivity contribution in [3.63, 3.8) is 0 Å². The van der Waals surface area contributed by atoms with E-state index in [0.29, 0.717) is 18.3 Å². The van der Waals surface area contributed by atoms with E-state index >= 15 is 0 Å². The Balaban J connectivity index is 1.91. The molecule has 1 aliphatic heterocycles. The largest absolute Gasteiger partial charge is 0.398 e. The summed E-state index contributed by atoms with van der Waals surface area (Å²) in [5.41, 5.74) is 6.32. The van der Waals surface area contributed by atoms with Crippen LogP contribution in [0, 0.1) is 0 Å². The monoisotopic (exact) mass is 251 g/mol. The average molecular weight is 251 g/mol. The molecule has 2 rings (SSSR count). The van der Waals surface area contributed by atoms with Crippen molar-refractivity contribution in [2.24, 2.45) is 0 Å². The molecule has 1 aromatic rings. The predicted octanol–water partition coefficient (Wildman–Crippen LogP) is 0.541. The Morgan fingerprint density at radius 3 is 3.06 bits per heavy atom. The zero-order valence-corrected chi connectivity index (χ0v) is 10.8. The van der Waals surface area contributed by atoms with Crippen molar-refractivity contribution in [3.8, 4) is 0 Å². The first kappa shape index (κ1) is 13.1. The number of nitrogens with two attached hydrogens (primary N) is 1. The Morgan fingerprint density at radius 2 is 2.28 bits per heavy atom. The Labute approximate surface area is 107 Å². The van der Waals surface area contributed by atoms with Gasteiger partial charge in [-0.2, -0.15) is 0 Å². The Morgan fingerprint density at radius 1 is 1.44 bits per heavy atom. The van der Waals surface area contributed by atoms with Crippen molar-refractivity contribution in [2.45, 2.75) is 26.0 Å². The number of ether oxygens (including phenoxy) is 1. The molecular weight excluding hydrogens is 230 g/mol. The van der Waals surface area contributed by atoms with E-state index in [4.69, 9.17) is 10.5 Å². The van der Waals surface area contributed by atoms with Gasteiger partial charge in [0.25, 0.3) is 5.56 Å². The quantitative estimate of drug-likeness (QED) is 0.848. The lowest BCUT2D eigenvalue weighted by molar-refractivity contribution is -0.0305. The van der Waals surface area contributed by atoms with Gasteiger partial charge in [-0.25, -0.2) is 0 Å². The Hall–Kier alpha value is -1.33. The van der Waals surface area contributed by atoms with Crippen LogP contribution in [0.15, 0.2) is 23.1 Å². The summed E-state index contributed by atoms with van der Waals surface area (Å²) in [6.07, 6.45) is 3.07. The van der Waals surface area contributed by atoms with E-state index in [2.05, 4.69) is 11.8 Å². The summed E-state index contributed by atoms with van der Waals surface area (Å²) in [6, 6.07) is 3.16. The summed E-state index contributed by atoms with van der Waals surface area (Å²) in [4.78, 5) is 14.0. The Bertz CT molecular complexity index is 444. The van der Waals surface area contributed by atoms with Gasteiger partial charge < -0.3 is 15.0 Å². The van der Waals surface area contributed by atoms with E-state index < -0.39 is 0 Å². The molecule has 1 saturated heterocycles. The zero-order chi connectivity index (χ0) is 13.0. The molecule has 100 valence electrons. The second kappa shape index (κ2) is 6.02. The smallest absolute Gasteiger partial charge is 0.250 e. The van der Waals surface area contributed by atoms with Gasteiger partial charge in [-0.05, 0) is 12.5 Å². The van der Waals surface area contributed by atoms with Gasteiger partial charge in [-0.15, -0.1) is 0 Å². The lowest BCUT2D eigenvalue weighted by Crippen LogP contribution is -2.43. The summed E-state index contributed by atoms with van der Waals surface area (Å²) in [5, 5.41) is 0. The summed E-state index contributed by atoms with van der Waals surface area (Å²) >= 11 is 0. The lowest BCUT2D eigenvalue weighted by atomic mass is 10.2. The number of anilines is 1. The predicted molar refractivity (Wildman–Crippen MR) is 71.6 cm³/mol. The van der Waals surface area contributed by atoms with Gasteiger partial charge in [-0.3, -0.25) is 9.69 Å². The number of morpholine rings is 1. The fraction of sp³-hybridized carbons (Fsp3) is 0.615. The van der Waals surface area contributed by atoms with Gasteiger partial charge in [0.15, 0.2) is 0 Å². The first-order valence-corrected chi connectivity index (χ1v) is 6.49. The minimum atomic E-state index is 0.00417. The first-order valence-electron chi connectivity index (χ1n) is 6.49. The van der Waals surface area contributed by atoms with Crippen molar-refractivity contribution in [1.29, 1.82) is 0 Å². The molecule has 0 aromatic carbocycles. The van der Waals surface area contributed by atoms with Crippen LogP contribution in [-0.2, 0) is 11.3 Å². The average Bonchev–Trinajstić information content (AvgIpc) is 2.40.